The van der Waals surface area contributed by atoms with Gasteiger partial charge < -0.3 is 14.5 Å². The molecule has 4 nitrogen and oxygen atoms in total. The average Bonchev–Trinajstić information content (AvgIpc) is 2.61. The fourth-order valence-electron chi connectivity index (χ4n) is 2.94. The number of hydrogen-bond acceptors (Lipinski definition) is 3. The molecular weight excluding hydrogens is 307 g/mol. The maximum atomic E-state index is 12.9. The molecule has 1 unspecified atom stereocenters. The molecule has 5 heteroatoms. The van der Waals surface area contributed by atoms with Crippen LogP contribution in [-0.4, -0.2) is 49.0 Å². The fraction of sp³-hybridized carbons (Fsp3) is 0.316. The van der Waals surface area contributed by atoms with E-state index >= 15 is 0 Å². The minimum atomic E-state index is -0.322. The summed E-state index contributed by atoms with van der Waals surface area (Å²) < 4.78 is 18.4. The van der Waals surface area contributed by atoms with Crippen molar-refractivity contribution < 1.29 is 13.9 Å². The van der Waals surface area contributed by atoms with E-state index in [-0.39, 0.29) is 24.4 Å². The highest BCUT2D eigenvalue weighted by Gasteiger charge is 2.30. The zero-order chi connectivity index (χ0) is 16.9. The highest BCUT2D eigenvalue weighted by Crippen LogP contribution is 2.25. The summed E-state index contributed by atoms with van der Waals surface area (Å²) in [6, 6.07) is 15.8. The smallest absolute Gasteiger partial charge is 0.261 e. The van der Waals surface area contributed by atoms with Gasteiger partial charge in [-0.1, -0.05) is 30.3 Å². The van der Waals surface area contributed by atoms with Crippen molar-refractivity contribution in [1.82, 2.24) is 9.80 Å². The molecule has 1 aliphatic heterocycles. The number of hydrogen-bond donors (Lipinski definition) is 0. The van der Waals surface area contributed by atoms with E-state index in [1.807, 2.05) is 35.2 Å². The van der Waals surface area contributed by atoms with E-state index in [0.29, 0.717) is 12.3 Å². The molecule has 1 heterocycles. The highest BCUT2D eigenvalue weighted by molar-refractivity contribution is 5.78. The molecular formula is C19H21FN2O2. The van der Waals surface area contributed by atoms with Gasteiger partial charge in [0.05, 0.1) is 6.04 Å². The zero-order valence-electron chi connectivity index (χ0n) is 13.7. The Labute approximate surface area is 141 Å². The first-order valence-corrected chi connectivity index (χ1v) is 8.05. The Hall–Kier alpha value is -2.40. The second-order valence-corrected chi connectivity index (χ2v) is 6.02. The molecule has 2 aromatic rings. The second kappa shape index (κ2) is 7.45. The minimum Gasteiger partial charge on any atom is -0.484 e. The van der Waals surface area contributed by atoms with Crippen LogP contribution in [0.3, 0.4) is 0 Å². The highest BCUT2D eigenvalue weighted by atomic mass is 19.1. The topological polar surface area (TPSA) is 32.8 Å². The van der Waals surface area contributed by atoms with Gasteiger partial charge in [0.1, 0.15) is 11.6 Å². The third-order valence-electron chi connectivity index (χ3n) is 4.26. The summed E-state index contributed by atoms with van der Waals surface area (Å²) in [6.07, 6.45) is 0. The molecule has 0 N–H and O–H groups in total. The molecule has 24 heavy (non-hydrogen) atoms. The molecule has 1 saturated heterocycles. The van der Waals surface area contributed by atoms with Crippen LogP contribution in [0.5, 0.6) is 5.75 Å². The van der Waals surface area contributed by atoms with Crippen molar-refractivity contribution in [2.45, 2.75) is 6.04 Å². The summed E-state index contributed by atoms with van der Waals surface area (Å²) in [6.45, 7) is 2.26. The Morgan fingerprint density at radius 3 is 2.54 bits per heavy atom. The van der Waals surface area contributed by atoms with E-state index < -0.39 is 0 Å². The van der Waals surface area contributed by atoms with Gasteiger partial charge in [-0.05, 0) is 36.9 Å². The number of nitrogens with zero attached hydrogens (tertiary/aromatic N) is 2. The molecule has 0 bridgehead atoms. The van der Waals surface area contributed by atoms with Gasteiger partial charge in [0.15, 0.2) is 6.61 Å². The number of amides is 1. The quantitative estimate of drug-likeness (QED) is 0.865. The molecule has 0 aromatic heterocycles. The van der Waals surface area contributed by atoms with Gasteiger partial charge in [-0.25, -0.2) is 4.39 Å². The molecule has 0 aliphatic carbocycles. The summed E-state index contributed by atoms with van der Waals surface area (Å²) in [5.41, 5.74) is 1.12. The standard InChI is InChI=1S/C19H21FN2O2/c1-21-11-12-22(18(13-21)15-5-3-2-4-6-15)19(23)14-24-17-9-7-16(20)8-10-17/h2-10,18H,11-14H2,1H3. The number of benzene rings is 2. The minimum absolute atomic E-state index is 0.0225. The number of rotatable bonds is 4. The van der Waals surface area contributed by atoms with E-state index in [0.717, 1.165) is 18.7 Å². The van der Waals surface area contributed by atoms with E-state index in [2.05, 4.69) is 11.9 Å². The molecule has 1 aliphatic rings. The Morgan fingerprint density at radius 2 is 1.83 bits per heavy atom. The normalized spacial score (nSPS) is 18.4. The van der Waals surface area contributed by atoms with Gasteiger partial charge in [-0.2, -0.15) is 0 Å². The molecule has 2 aromatic carbocycles. The Bertz CT molecular complexity index is 676. The summed E-state index contributed by atoms with van der Waals surface area (Å²) in [7, 11) is 2.06. The van der Waals surface area contributed by atoms with Gasteiger partial charge in [0, 0.05) is 19.6 Å². The molecule has 126 valence electrons. The van der Waals surface area contributed by atoms with Crippen LogP contribution in [0.4, 0.5) is 4.39 Å². The molecule has 0 radical (unpaired) electrons. The zero-order valence-corrected chi connectivity index (χ0v) is 13.7. The van der Waals surface area contributed by atoms with Gasteiger partial charge in [0.25, 0.3) is 5.91 Å². The lowest BCUT2D eigenvalue weighted by atomic mass is 10.0. The SMILES string of the molecule is CN1CCN(C(=O)COc2ccc(F)cc2)C(c2ccccc2)C1. The van der Waals surface area contributed by atoms with Crippen LogP contribution in [0, 0.1) is 5.82 Å². The maximum Gasteiger partial charge on any atom is 0.261 e. The summed E-state index contributed by atoms with van der Waals surface area (Å²) in [4.78, 5) is 16.7. The van der Waals surface area contributed by atoms with Crippen LogP contribution in [0.15, 0.2) is 54.6 Å². The van der Waals surface area contributed by atoms with Crippen molar-refractivity contribution in [1.29, 1.82) is 0 Å². The van der Waals surface area contributed by atoms with Crippen LogP contribution >= 0.6 is 0 Å². The Kier molecular flexibility index (Phi) is 5.11. The predicted octanol–water partition coefficient (Wildman–Crippen LogP) is 2.72. The van der Waals surface area contributed by atoms with Crippen LogP contribution in [0.25, 0.3) is 0 Å². The van der Waals surface area contributed by atoms with Gasteiger partial charge in [-0.3, -0.25) is 4.79 Å². The predicted molar refractivity (Wildman–Crippen MR) is 90.3 cm³/mol. The molecule has 0 saturated carbocycles. The Balaban J connectivity index is 1.68. The van der Waals surface area contributed by atoms with Crippen LogP contribution < -0.4 is 4.74 Å². The van der Waals surface area contributed by atoms with Crippen molar-refractivity contribution in [3.63, 3.8) is 0 Å². The monoisotopic (exact) mass is 328 g/mol. The van der Waals surface area contributed by atoms with E-state index in [9.17, 15) is 9.18 Å². The summed E-state index contributed by atoms with van der Waals surface area (Å²) in [5, 5.41) is 0. The fourth-order valence-corrected chi connectivity index (χ4v) is 2.94. The molecule has 3 rings (SSSR count). The van der Waals surface area contributed by atoms with Crippen molar-refractivity contribution in [2.24, 2.45) is 0 Å². The van der Waals surface area contributed by atoms with Crippen LogP contribution in [0.2, 0.25) is 0 Å². The first-order valence-electron chi connectivity index (χ1n) is 8.05. The average molecular weight is 328 g/mol. The third kappa shape index (κ3) is 3.92. The lowest BCUT2D eigenvalue weighted by Gasteiger charge is -2.40. The number of carbonyl (C=O) groups excluding carboxylic acids is 1. The maximum absolute atomic E-state index is 12.9. The number of ether oxygens (including phenoxy) is 1. The van der Waals surface area contributed by atoms with Gasteiger partial charge in [-0.15, -0.1) is 0 Å². The summed E-state index contributed by atoms with van der Waals surface area (Å²) >= 11 is 0. The van der Waals surface area contributed by atoms with Gasteiger partial charge in [0.2, 0.25) is 0 Å². The molecule has 1 atom stereocenters. The van der Waals surface area contributed by atoms with Crippen molar-refractivity contribution in [3.05, 3.63) is 66.0 Å². The van der Waals surface area contributed by atoms with E-state index in [4.69, 9.17) is 4.74 Å². The number of piperazine rings is 1. The van der Waals surface area contributed by atoms with Crippen molar-refractivity contribution >= 4 is 5.91 Å². The Morgan fingerprint density at radius 1 is 1.12 bits per heavy atom. The second-order valence-electron chi connectivity index (χ2n) is 6.02. The summed E-state index contributed by atoms with van der Waals surface area (Å²) in [5.74, 6) is 0.119. The first-order chi connectivity index (χ1) is 11.6. The van der Waals surface area contributed by atoms with Gasteiger partial charge >= 0.3 is 0 Å². The lowest BCUT2D eigenvalue weighted by Crippen LogP contribution is -2.50. The van der Waals surface area contributed by atoms with E-state index in [1.165, 1.54) is 24.3 Å². The molecule has 0 spiro atoms. The third-order valence-corrected chi connectivity index (χ3v) is 4.26. The number of likely N-dealkylation sites (N-methyl/N-ethyl adjacent to an activating group) is 1. The van der Waals surface area contributed by atoms with Crippen molar-refractivity contribution in [3.8, 4) is 5.75 Å². The molecule has 1 amide bonds. The van der Waals surface area contributed by atoms with Crippen LogP contribution in [0.1, 0.15) is 11.6 Å². The van der Waals surface area contributed by atoms with Crippen molar-refractivity contribution in [2.75, 3.05) is 33.3 Å². The number of carbonyl (C=O) groups is 1. The lowest BCUT2D eigenvalue weighted by molar-refractivity contribution is -0.138. The molecule has 1 fully saturated rings. The van der Waals surface area contributed by atoms with Crippen LogP contribution in [-0.2, 0) is 4.79 Å². The largest absolute Gasteiger partial charge is 0.484 e. The first kappa shape index (κ1) is 16.5. The van der Waals surface area contributed by atoms with E-state index in [1.54, 1.807) is 0 Å². The number of halogens is 1.